The van der Waals surface area contributed by atoms with Gasteiger partial charge in [0.25, 0.3) is 0 Å². The Morgan fingerprint density at radius 2 is 1.68 bits per heavy atom. The molecule has 2 aliphatic rings. The monoisotopic (exact) mass is 331 g/mol. The Labute approximate surface area is 150 Å². The predicted molar refractivity (Wildman–Crippen MR) is 102 cm³/mol. The maximum atomic E-state index is 5.91. The number of nitrogens with one attached hydrogen (secondary N) is 1. The van der Waals surface area contributed by atoms with Crippen molar-refractivity contribution in [3.8, 4) is 0 Å². The van der Waals surface area contributed by atoms with Crippen LogP contribution in [0.3, 0.4) is 0 Å². The van der Waals surface area contributed by atoms with Gasteiger partial charge in [-0.3, -0.25) is 0 Å². The molecule has 2 heteroatoms. The number of para-hydroxylation sites is 1. The van der Waals surface area contributed by atoms with E-state index in [1.807, 2.05) is 6.07 Å². The van der Waals surface area contributed by atoms with Gasteiger partial charge in [0.05, 0.1) is 18.7 Å². The van der Waals surface area contributed by atoms with E-state index in [1.54, 1.807) is 7.11 Å². The van der Waals surface area contributed by atoms with Crippen LogP contribution in [0.15, 0.2) is 66.7 Å². The summed E-state index contributed by atoms with van der Waals surface area (Å²) in [4.78, 5) is 1.33. The summed E-state index contributed by atoms with van der Waals surface area (Å²) in [5.74, 6) is 0. The highest BCUT2D eigenvalue weighted by Gasteiger charge is 2.60. The molecular formula is C23H25NO. The van der Waals surface area contributed by atoms with E-state index in [2.05, 4.69) is 82.1 Å². The van der Waals surface area contributed by atoms with E-state index in [0.717, 1.165) is 16.7 Å². The minimum absolute atomic E-state index is 0.113. The molecule has 0 saturated heterocycles. The molecule has 1 aliphatic carbocycles. The quantitative estimate of drug-likeness (QED) is 0.658. The fraction of sp³-hybridized carbons (Fsp3) is 0.304. The second-order valence-electron chi connectivity index (χ2n) is 7.59. The van der Waals surface area contributed by atoms with Crippen LogP contribution in [-0.2, 0) is 10.2 Å². The number of hydrogen-bond acceptors (Lipinski definition) is 1. The predicted octanol–water partition coefficient (Wildman–Crippen LogP) is 3.33. The number of ether oxygens (including phenoxy) is 1. The van der Waals surface area contributed by atoms with Gasteiger partial charge in [-0.1, -0.05) is 56.8 Å². The molecule has 1 N–H and O–H groups in total. The summed E-state index contributed by atoms with van der Waals surface area (Å²) in [5, 5.41) is 0. The SMILES string of the molecule is C=C1C(OC)C(c2ccccc2)=[C-]C12[NH+](C)c1ccccc1C2(C)C. The largest absolute Gasteiger partial charge is 0.375 e. The van der Waals surface area contributed by atoms with Gasteiger partial charge in [-0.25, -0.2) is 0 Å². The third-order valence-electron chi connectivity index (χ3n) is 6.21. The Morgan fingerprint density at radius 1 is 1.04 bits per heavy atom. The lowest BCUT2D eigenvalue weighted by molar-refractivity contribution is -0.853. The number of likely N-dealkylation sites (N-methyl/N-ethyl adjacent to an activating group) is 1. The lowest BCUT2D eigenvalue weighted by Gasteiger charge is -2.43. The second kappa shape index (κ2) is 5.42. The smallest absolute Gasteiger partial charge is 0.134 e. The van der Waals surface area contributed by atoms with Gasteiger partial charge in [0.1, 0.15) is 5.69 Å². The van der Waals surface area contributed by atoms with Gasteiger partial charge < -0.3 is 9.64 Å². The Kier molecular flexibility index (Phi) is 3.54. The molecule has 2 aromatic carbocycles. The first-order valence-electron chi connectivity index (χ1n) is 8.81. The Bertz CT molecular complexity index is 865. The van der Waals surface area contributed by atoms with E-state index >= 15 is 0 Å². The Morgan fingerprint density at radius 3 is 2.32 bits per heavy atom. The van der Waals surface area contributed by atoms with E-state index in [-0.39, 0.29) is 17.1 Å². The maximum Gasteiger partial charge on any atom is 0.134 e. The molecule has 3 atom stereocenters. The van der Waals surface area contributed by atoms with Crippen LogP contribution in [-0.4, -0.2) is 25.8 Å². The highest BCUT2D eigenvalue weighted by molar-refractivity contribution is 5.78. The third-order valence-corrected chi connectivity index (χ3v) is 6.21. The van der Waals surface area contributed by atoms with Crippen molar-refractivity contribution in [2.45, 2.75) is 30.9 Å². The highest BCUT2D eigenvalue weighted by atomic mass is 16.5. The van der Waals surface area contributed by atoms with Crippen molar-refractivity contribution in [3.63, 3.8) is 0 Å². The highest BCUT2D eigenvalue weighted by Crippen LogP contribution is 2.52. The van der Waals surface area contributed by atoms with Crippen molar-refractivity contribution in [1.29, 1.82) is 0 Å². The van der Waals surface area contributed by atoms with Crippen molar-refractivity contribution in [2.75, 3.05) is 14.2 Å². The van der Waals surface area contributed by atoms with Crippen LogP contribution < -0.4 is 4.90 Å². The van der Waals surface area contributed by atoms with Gasteiger partial charge in [0.2, 0.25) is 0 Å². The fourth-order valence-electron chi connectivity index (χ4n) is 4.94. The lowest BCUT2D eigenvalue weighted by Crippen LogP contribution is -3.13. The van der Waals surface area contributed by atoms with Crippen LogP contribution in [0.2, 0.25) is 0 Å². The van der Waals surface area contributed by atoms with Crippen LogP contribution in [0.5, 0.6) is 0 Å². The summed E-state index contributed by atoms with van der Waals surface area (Å²) >= 11 is 0. The van der Waals surface area contributed by atoms with Crippen LogP contribution >= 0.6 is 0 Å². The first-order valence-corrected chi connectivity index (χ1v) is 8.81. The standard InChI is InChI=1S/C23H24NO/c1-16-21(25-5)18(17-11-7-6-8-12-17)15-23(16)22(2,3)19-13-9-10-14-20(19)24(23)4/h6-14,21H,1H2,2-5H3/q-1/p+1. The topological polar surface area (TPSA) is 13.7 Å². The molecule has 2 aromatic rings. The summed E-state index contributed by atoms with van der Waals surface area (Å²) in [7, 11) is 4.00. The summed E-state index contributed by atoms with van der Waals surface area (Å²) in [6.07, 6.45) is 3.74. The number of benzene rings is 2. The van der Waals surface area contributed by atoms with Crippen molar-refractivity contribution in [2.24, 2.45) is 0 Å². The molecule has 0 saturated carbocycles. The van der Waals surface area contributed by atoms with Crippen molar-refractivity contribution in [1.82, 2.24) is 0 Å². The Hall–Kier alpha value is -2.16. The molecule has 3 unspecified atom stereocenters. The van der Waals surface area contributed by atoms with Crippen molar-refractivity contribution < 1.29 is 9.64 Å². The summed E-state index contributed by atoms with van der Waals surface area (Å²) in [6, 6.07) is 19.1. The fourth-order valence-corrected chi connectivity index (χ4v) is 4.94. The second-order valence-corrected chi connectivity index (χ2v) is 7.59. The first kappa shape index (κ1) is 16.3. The van der Waals surface area contributed by atoms with Gasteiger partial charge in [0.15, 0.2) is 0 Å². The zero-order valence-corrected chi connectivity index (χ0v) is 15.4. The van der Waals surface area contributed by atoms with E-state index in [9.17, 15) is 0 Å². The van der Waals surface area contributed by atoms with Crippen LogP contribution in [0.25, 0.3) is 5.57 Å². The summed E-state index contributed by atoms with van der Waals surface area (Å²) in [6.45, 7) is 9.13. The molecule has 1 aliphatic heterocycles. The van der Waals surface area contributed by atoms with Crippen molar-refractivity contribution >= 4 is 11.3 Å². The zero-order chi connectivity index (χ0) is 17.8. The molecule has 0 radical (unpaired) electrons. The van der Waals surface area contributed by atoms with E-state index < -0.39 is 0 Å². The number of fused-ring (bicyclic) bond motifs is 1. The molecule has 0 aromatic heterocycles. The molecule has 2 nitrogen and oxygen atoms in total. The van der Waals surface area contributed by atoms with E-state index in [0.29, 0.717) is 0 Å². The number of methoxy groups -OCH3 is 1. The molecule has 25 heavy (non-hydrogen) atoms. The van der Waals surface area contributed by atoms with Gasteiger partial charge in [-0.2, -0.15) is 17.2 Å². The molecule has 0 bridgehead atoms. The van der Waals surface area contributed by atoms with E-state index in [4.69, 9.17) is 4.74 Å². The number of quaternary nitrogens is 1. The van der Waals surface area contributed by atoms with E-state index in [1.165, 1.54) is 16.2 Å². The summed E-state index contributed by atoms with van der Waals surface area (Å²) in [5.41, 5.74) is 5.60. The van der Waals surface area contributed by atoms with Gasteiger partial charge in [0, 0.05) is 18.1 Å². The van der Waals surface area contributed by atoms with Gasteiger partial charge in [-0.05, 0) is 11.6 Å². The average molecular weight is 331 g/mol. The van der Waals surface area contributed by atoms with Crippen molar-refractivity contribution in [3.05, 3.63) is 84.0 Å². The number of rotatable bonds is 2. The lowest BCUT2D eigenvalue weighted by atomic mass is 9.68. The zero-order valence-electron chi connectivity index (χ0n) is 15.4. The minimum Gasteiger partial charge on any atom is -0.375 e. The third kappa shape index (κ3) is 1.92. The number of hydrogen-bond donors (Lipinski definition) is 1. The molecule has 1 heterocycles. The average Bonchev–Trinajstić information content (AvgIpc) is 3.03. The van der Waals surface area contributed by atoms with Gasteiger partial charge in [-0.15, -0.1) is 12.1 Å². The molecule has 0 fully saturated rings. The Balaban J connectivity index is 1.96. The minimum atomic E-state index is -0.331. The molecule has 1 spiro atoms. The molecular weight excluding hydrogens is 306 g/mol. The first-order chi connectivity index (χ1) is 11.9. The molecule has 128 valence electrons. The molecule has 0 amide bonds. The van der Waals surface area contributed by atoms with Crippen LogP contribution in [0.4, 0.5) is 5.69 Å². The molecule has 4 rings (SSSR count). The maximum absolute atomic E-state index is 5.91. The van der Waals surface area contributed by atoms with Crippen LogP contribution in [0.1, 0.15) is 25.0 Å². The van der Waals surface area contributed by atoms with Crippen LogP contribution in [0, 0.1) is 6.08 Å². The normalized spacial score (nSPS) is 29.8. The summed E-state index contributed by atoms with van der Waals surface area (Å²) < 4.78 is 5.91. The van der Waals surface area contributed by atoms with Gasteiger partial charge >= 0.3 is 0 Å².